The van der Waals surface area contributed by atoms with E-state index in [9.17, 15) is 4.79 Å². The highest BCUT2D eigenvalue weighted by atomic mass is 16.2. The number of amides is 1. The molecular formula is C30H35N6O+. The van der Waals surface area contributed by atoms with Gasteiger partial charge in [0.1, 0.15) is 0 Å². The first-order valence-corrected chi connectivity index (χ1v) is 13.4. The van der Waals surface area contributed by atoms with Crippen LogP contribution < -0.4 is 10.7 Å². The Morgan fingerprint density at radius 3 is 2.54 bits per heavy atom. The number of carbonyl (C=O) groups is 1. The van der Waals surface area contributed by atoms with Gasteiger partial charge in [0, 0.05) is 48.7 Å². The largest absolute Gasteiger partial charge is 0.353 e. The summed E-state index contributed by atoms with van der Waals surface area (Å²) in [5, 5.41) is 1.28. The van der Waals surface area contributed by atoms with Gasteiger partial charge in [-0.05, 0) is 80.1 Å². The summed E-state index contributed by atoms with van der Waals surface area (Å²) in [7, 11) is 0. The van der Waals surface area contributed by atoms with Crippen molar-refractivity contribution < 1.29 is 9.78 Å². The van der Waals surface area contributed by atoms with Gasteiger partial charge in [0.25, 0.3) is 5.82 Å². The van der Waals surface area contributed by atoms with Crippen LogP contribution in [0.2, 0.25) is 0 Å². The van der Waals surface area contributed by atoms with Crippen molar-refractivity contribution in [3.63, 3.8) is 0 Å². The topological polar surface area (TPSA) is 92.4 Å². The number of nitrogen functional groups attached to an aromatic ring is 1. The van der Waals surface area contributed by atoms with Crippen LogP contribution in [0.15, 0.2) is 67.0 Å². The number of hydrogen-bond donors (Lipinski definition) is 2. The standard InChI is InChI=1S/C30H34N6O/c31-27-19-21(8-14-33-27)20-35-15-9-23(10-16-35)30(37)36-17-11-22(12-18-36)28-24-5-1-2-6-25(24)34-29(28)26-7-3-4-13-32-26/h1-8,13-14,19,22-23,34H,9-12,15-18,20H2,(H2,31,33)/p+1. The second kappa shape index (κ2) is 10.3. The second-order valence-corrected chi connectivity index (χ2v) is 10.5. The monoisotopic (exact) mass is 495 g/mol. The van der Waals surface area contributed by atoms with E-state index in [2.05, 4.69) is 61.1 Å². The molecule has 1 aromatic carbocycles. The summed E-state index contributed by atoms with van der Waals surface area (Å²) in [6, 6.07) is 18.7. The molecule has 2 aliphatic heterocycles. The molecule has 7 heteroatoms. The predicted molar refractivity (Wildman–Crippen MR) is 145 cm³/mol. The fraction of sp³-hybridized carbons (Fsp3) is 0.367. The average molecular weight is 496 g/mol. The molecule has 2 aliphatic rings. The number of carbonyl (C=O) groups excluding carboxylic acids is 1. The highest BCUT2D eigenvalue weighted by molar-refractivity contribution is 5.91. The number of piperidine rings is 2. The number of H-pyrrole nitrogens is 2. The van der Waals surface area contributed by atoms with Gasteiger partial charge < -0.3 is 9.88 Å². The van der Waals surface area contributed by atoms with Gasteiger partial charge in [-0.2, -0.15) is 0 Å². The zero-order valence-corrected chi connectivity index (χ0v) is 21.2. The third-order valence-electron chi connectivity index (χ3n) is 8.11. The lowest BCUT2D eigenvalue weighted by atomic mass is 9.85. The molecule has 0 aliphatic carbocycles. The van der Waals surface area contributed by atoms with Crippen molar-refractivity contribution in [2.75, 3.05) is 31.9 Å². The SMILES string of the molecule is Nc1cc(CN2CCC(C(=O)N3CCC(c4c(-c5ccccn5)[nH]c5ccccc45)CC3)CC2)cc[nH+]1. The molecular weight excluding hydrogens is 460 g/mol. The number of nitrogens with zero attached hydrogens (tertiary/aromatic N) is 3. The lowest BCUT2D eigenvalue weighted by Gasteiger charge is -2.37. The van der Waals surface area contributed by atoms with E-state index in [0.29, 0.717) is 17.6 Å². The molecule has 2 fully saturated rings. The number of hydrogen-bond acceptors (Lipinski definition) is 4. The van der Waals surface area contributed by atoms with Crippen LogP contribution >= 0.6 is 0 Å². The van der Waals surface area contributed by atoms with E-state index in [4.69, 9.17) is 5.73 Å². The maximum absolute atomic E-state index is 13.4. The van der Waals surface area contributed by atoms with E-state index in [-0.39, 0.29) is 5.92 Å². The Hall–Kier alpha value is -3.71. The van der Waals surface area contributed by atoms with Crippen molar-refractivity contribution in [3.8, 4) is 11.4 Å². The molecule has 0 spiro atoms. The van der Waals surface area contributed by atoms with Gasteiger partial charge >= 0.3 is 0 Å². The van der Waals surface area contributed by atoms with Gasteiger partial charge in [0.05, 0.1) is 17.6 Å². The van der Waals surface area contributed by atoms with Crippen LogP contribution in [0.25, 0.3) is 22.3 Å². The number of anilines is 1. The van der Waals surface area contributed by atoms with Crippen LogP contribution in [0.1, 0.15) is 42.7 Å². The van der Waals surface area contributed by atoms with Crippen molar-refractivity contribution in [2.45, 2.75) is 38.1 Å². The van der Waals surface area contributed by atoms with Gasteiger partial charge in [0.15, 0.2) is 0 Å². The molecule has 2 saturated heterocycles. The molecule has 190 valence electrons. The normalized spacial score (nSPS) is 17.9. The third-order valence-corrected chi connectivity index (χ3v) is 8.11. The van der Waals surface area contributed by atoms with E-state index >= 15 is 0 Å². The Morgan fingerprint density at radius 1 is 1.00 bits per heavy atom. The van der Waals surface area contributed by atoms with E-state index < -0.39 is 0 Å². The number of aromatic nitrogens is 3. The Labute approximate surface area is 217 Å². The highest BCUT2D eigenvalue weighted by Crippen LogP contribution is 2.40. The molecule has 0 saturated carbocycles. The summed E-state index contributed by atoms with van der Waals surface area (Å²) < 4.78 is 0. The van der Waals surface area contributed by atoms with E-state index in [1.165, 1.54) is 16.5 Å². The van der Waals surface area contributed by atoms with E-state index in [1.54, 1.807) is 0 Å². The zero-order valence-electron chi connectivity index (χ0n) is 21.2. The molecule has 1 amide bonds. The maximum Gasteiger partial charge on any atom is 0.270 e. The van der Waals surface area contributed by atoms with Crippen LogP contribution in [-0.2, 0) is 11.3 Å². The Kier molecular flexibility index (Phi) is 6.62. The fourth-order valence-corrected chi connectivity index (χ4v) is 6.18. The molecule has 0 unspecified atom stereocenters. The molecule has 7 nitrogen and oxygen atoms in total. The van der Waals surface area contributed by atoms with Crippen molar-refractivity contribution in [3.05, 3.63) is 78.1 Å². The number of para-hydroxylation sites is 1. The smallest absolute Gasteiger partial charge is 0.270 e. The summed E-state index contributed by atoms with van der Waals surface area (Å²) in [5.41, 5.74) is 11.7. The Balaban J connectivity index is 1.09. The third kappa shape index (κ3) is 4.96. The van der Waals surface area contributed by atoms with Crippen LogP contribution in [-0.4, -0.2) is 51.9 Å². The first kappa shape index (κ1) is 23.7. The lowest BCUT2D eigenvalue weighted by molar-refractivity contribution is -0.360. The summed E-state index contributed by atoms with van der Waals surface area (Å²) in [5.74, 6) is 1.58. The van der Waals surface area contributed by atoms with Crippen LogP contribution in [0, 0.1) is 5.92 Å². The van der Waals surface area contributed by atoms with Crippen molar-refractivity contribution in [2.24, 2.45) is 5.92 Å². The number of likely N-dealkylation sites (tertiary alicyclic amines) is 2. The molecule has 0 bridgehead atoms. The lowest BCUT2D eigenvalue weighted by Crippen LogP contribution is -2.45. The van der Waals surface area contributed by atoms with E-state index in [1.807, 2.05) is 30.6 Å². The number of aromatic amines is 2. The number of pyridine rings is 2. The first-order chi connectivity index (χ1) is 18.2. The Morgan fingerprint density at radius 2 is 1.78 bits per heavy atom. The van der Waals surface area contributed by atoms with Crippen LogP contribution in [0.4, 0.5) is 5.82 Å². The number of nitrogens with two attached hydrogens (primary N) is 1. The van der Waals surface area contributed by atoms with Crippen molar-refractivity contribution >= 4 is 22.6 Å². The molecule has 37 heavy (non-hydrogen) atoms. The van der Waals surface area contributed by atoms with Gasteiger partial charge in [-0.1, -0.05) is 24.3 Å². The summed E-state index contributed by atoms with van der Waals surface area (Å²) >= 11 is 0. The minimum absolute atomic E-state index is 0.138. The predicted octanol–water partition coefficient (Wildman–Crippen LogP) is 4.24. The number of fused-ring (bicyclic) bond motifs is 1. The van der Waals surface area contributed by atoms with Crippen molar-refractivity contribution in [1.82, 2.24) is 19.8 Å². The van der Waals surface area contributed by atoms with Gasteiger partial charge in [-0.3, -0.25) is 20.4 Å². The maximum atomic E-state index is 13.4. The quantitative estimate of drug-likeness (QED) is 0.433. The minimum Gasteiger partial charge on any atom is -0.353 e. The number of rotatable bonds is 5. The number of nitrogens with one attached hydrogen (secondary N) is 2. The first-order valence-electron chi connectivity index (χ1n) is 13.4. The molecule has 0 atom stereocenters. The average Bonchev–Trinajstić information content (AvgIpc) is 3.33. The van der Waals surface area contributed by atoms with E-state index in [0.717, 1.165) is 75.3 Å². The summed E-state index contributed by atoms with van der Waals surface area (Å²) in [6.07, 6.45) is 7.57. The van der Waals surface area contributed by atoms with Crippen LogP contribution in [0.5, 0.6) is 0 Å². The number of benzene rings is 1. The molecule has 0 radical (unpaired) electrons. The highest BCUT2D eigenvalue weighted by Gasteiger charge is 2.33. The van der Waals surface area contributed by atoms with Crippen LogP contribution in [0.3, 0.4) is 0 Å². The van der Waals surface area contributed by atoms with Gasteiger partial charge in [-0.25, -0.2) is 4.98 Å². The van der Waals surface area contributed by atoms with Gasteiger partial charge in [0.2, 0.25) is 5.91 Å². The molecule has 4 N–H and O–H groups in total. The zero-order chi connectivity index (χ0) is 25.2. The summed E-state index contributed by atoms with van der Waals surface area (Å²) in [4.78, 5) is 29.3. The fourth-order valence-electron chi connectivity index (χ4n) is 6.18. The van der Waals surface area contributed by atoms with Crippen molar-refractivity contribution in [1.29, 1.82) is 0 Å². The molecule has 4 aromatic rings. The molecule has 6 rings (SSSR count). The second-order valence-electron chi connectivity index (χ2n) is 10.5. The Bertz CT molecular complexity index is 1370. The minimum atomic E-state index is 0.138. The molecule has 3 aromatic heterocycles. The van der Waals surface area contributed by atoms with Gasteiger partial charge in [-0.15, -0.1) is 0 Å². The molecule has 5 heterocycles. The summed E-state index contributed by atoms with van der Waals surface area (Å²) in [6.45, 7) is 4.44.